The predicted molar refractivity (Wildman–Crippen MR) is 82.7 cm³/mol. The molecule has 0 atom stereocenters. The number of rotatable bonds is 8. The van der Waals surface area contributed by atoms with Crippen LogP contribution < -0.4 is 5.32 Å². The summed E-state index contributed by atoms with van der Waals surface area (Å²) in [5, 5.41) is 3.19. The average molecular weight is 278 g/mol. The summed E-state index contributed by atoms with van der Waals surface area (Å²) in [6.07, 6.45) is 0. The standard InChI is InChI=1S/C15H26N4O/c1-5-16-14-10-8-9-13(17-14)11-18(4)12-15(20)19(6-2)7-3/h8-10H,5-7,11-12H2,1-4H3,(H,16,17). The van der Waals surface area contributed by atoms with Crippen LogP contribution in [0.5, 0.6) is 0 Å². The van der Waals surface area contributed by atoms with Crippen molar-refractivity contribution in [2.24, 2.45) is 0 Å². The van der Waals surface area contributed by atoms with Crippen LogP contribution in [0.3, 0.4) is 0 Å². The normalized spacial score (nSPS) is 10.7. The van der Waals surface area contributed by atoms with Crippen molar-refractivity contribution in [2.45, 2.75) is 27.3 Å². The quantitative estimate of drug-likeness (QED) is 0.788. The summed E-state index contributed by atoms with van der Waals surface area (Å²) in [4.78, 5) is 20.4. The predicted octanol–water partition coefficient (Wildman–Crippen LogP) is 1.81. The highest BCUT2D eigenvalue weighted by atomic mass is 16.2. The van der Waals surface area contributed by atoms with Gasteiger partial charge in [0.2, 0.25) is 5.91 Å². The molecule has 0 saturated carbocycles. The molecular formula is C15H26N4O. The van der Waals surface area contributed by atoms with E-state index in [4.69, 9.17) is 0 Å². The van der Waals surface area contributed by atoms with Gasteiger partial charge in [0, 0.05) is 26.2 Å². The van der Waals surface area contributed by atoms with Crippen molar-refractivity contribution in [3.05, 3.63) is 23.9 Å². The fraction of sp³-hybridized carbons (Fsp3) is 0.600. The summed E-state index contributed by atoms with van der Waals surface area (Å²) in [5.74, 6) is 1.05. The molecule has 0 aliphatic rings. The van der Waals surface area contributed by atoms with Crippen LogP contribution in [0.2, 0.25) is 0 Å². The van der Waals surface area contributed by atoms with E-state index in [1.165, 1.54) is 0 Å². The number of likely N-dealkylation sites (N-methyl/N-ethyl adjacent to an activating group) is 2. The summed E-state index contributed by atoms with van der Waals surface area (Å²) in [7, 11) is 1.95. The molecule has 1 N–H and O–H groups in total. The van der Waals surface area contributed by atoms with Crippen LogP contribution >= 0.6 is 0 Å². The highest BCUT2D eigenvalue weighted by Crippen LogP contribution is 2.06. The molecule has 5 heteroatoms. The number of carbonyl (C=O) groups is 1. The maximum atomic E-state index is 12.0. The van der Waals surface area contributed by atoms with Gasteiger partial charge < -0.3 is 10.2 Å². The monoisotopic (exact) mass is 278 g/mol. The fourth-order valence-corrected chi connectivity index (χ4v) is 2.09. The van der Waals surface area contributed by atoms with Crippen LogP contribution in [-0.4, -0.2) is 53.9 Å². The molecule has 1 aromatic heterocycles. The van der Waals surface area contributed by atoms with Crippen molar-refractivity contribution >= 4 is 11.7 Å². The van der Waals surface area contributed by atoms with E-state index in [1.807, 2.05) is 55.8 Å². The minimum atomic E-state index is 0.167. The van der Waals surface area contributed by atoms with Crippen LogP contribution in [-0.2, 0) is 11.3 Å². The summed E-state index contributed by atoms with van der Waals surface area (Å²) < 4.78 is 0. The smallest absolute Gasteiger partial charge is 0.236 e. The molecule has 0 aromatic carbocycles. The lowest BCUT2D eigenvalue weighted by Crippen LogP contribution is -2.38. The molecular weight excluding hydrogens is 252 g/mol. The van der Waals surface area contributed by atoms with Gasteiger partial charge in [-0.2, -0.15) is 0 Å². The Hall–Kier alpha value is -1.62. The van der Waals surface area contributed by atoms with Gasteiger partial charge in [-0.05, 0) is 40.0 Å². The van der Waals surface area contributed by atoms with Gasteiger partial charge in [-0.3, -0.25) is 9.69 Å². The van der Waals surface area contributed by atoms with Crippen LogP contribution in [0.25, 0.3) is 0 Å². The Balaban J connectivity index is 2.55. The molecule has 20 heavy (non-hydrogen) atoms. The first-order valence-corrected chi connectivity index (χ1v) is 7.26. The van der Waals surface area contributed by atoms with E-state index in [0.717, 1.165) is 31.1 Å². The van der Waals surface area contributed by atoms with Crippen LogP contribution in [0.4, 0.5) is 5.82 Å². The van der Waals surface area contributed by atoms with Crippen LogP contribution in [0, 0.1) is 0 Å². The number of pyridine rings is 1. The van der Waals surface area contributed by atoms with E-state index in [1.54, 1.807) is 0 Å². The molecule has 1 amide bonds. The van der Waals surface area contributed by atoms with Gasteiger partial charge in [0.15, 0.2) is 0 Å². The van der Waals surface area contributed by atoms with Gasteiger partial charge in [0.05, 0.1) is 12.2 Å². The molecule has 5 nitrogen and oxygen atoms in total. The molecule has 0 unspecified atom stereocenters. The highest BCUT2D eigenvalue weighted by molar-refractivity contribution is 5.78. The molecule has 0 fully saturated rings. The van der Waals surface area contributed by atoms with Gasteiger partial charge in [0.25, 0.3) is 0 Å². The van der Waals surface area contributed by atoms with E-state index < -0.39 is 0 Å². The van der Waals surface area contributed by atoms with Crippen molar-refractivity contribution in [1.29, 1.82) is 0 Å². The lowest BCUT2D eigenvalue weighted by Gasteiger charge is -2.22. The summed E-state index contributed by atoms with van der Waals surface area (Å²) in [5.41, 5.74) is 0.971. The van der Waals surface area contributed by atoms with E-state index in [2.05, 4.69) is 10.3 Å². The van der Waals surface area contributed by atoms with Gasteiger partial charge >= 0.3 is 0 Å². The van der Waals surface area contributed by atoms with E-state index in [-0.39, 0.29) is 5.91 Å². The summed E-state index contributed by atoms with van der Waals surface area (Å²) in [6.45, 7) is 9.53. The Kier molecular flexibility index (Phi) is 7.01. The van der Waals surface area contributed by atoms with Crippen molar-refractivity contribution < 1.29 is 4.79 Å². The SMILES string of the molecule is CCNc1cccc(CN(C)CC(=O)N(CC)CC)n1. The van der Waals surface area contributed by atoms with Crippen molar-refractivity contribution in [2.75, 3.05) is 38.5 Å². The van der Waals surface area contributed by atoms with Gasteiger partial charge in [0.1, 0.15) is 5.82 Å². The minimum Gasteiger partial charge on any atom is -0.370 e. The number of nitrogens with zero attached hydrogens (tertiary/aromatic N) is 3. The van der Waals surface area contributed by atoms with E-state index >= 15 is 0 Å². The Bertz CT molecular complexity index is 418. The maximum Gasteiger partial charge on any atom is 0.236 e. The molecule has 1 aromatic rings. The third-order valence-electron chi connectivity index (χ3n) is 3.12. The second-order valence-corrected chi connectivity index (χ2v) is 4.78. The number of hydrogen-bond donors (Lipinski definition) is 1. The minimum absolute atomic E-state index is 0.167. The van der Waals surface area contributed by atoms with Gasteiger partial charge in [-0.25, -0.2) is 4.98 Å². The number of aromatic nitrogens is 1. The zero-order valence-corrected chi connectivity index (χ0v) is 13.0. The topological polar surface area (TPSA) is 48.5 Å². The Morgan fingerprint density at radius 3 is 2.55 bits per heavy atom. The summed E-state index contributed by atoms with van der Waals surface area (Å²) in [6, 6.07) is 5.92. The molecule has 0 aliphatic carbocycles. The van der Waals surface area contributed by atoms with Crippen molar-refractivity contribution in [1.82, 2.24) is 14.8 Å². The molecule has 1 rings (SSSR count). The Morgan fingerprint density at radius 2 is 1.95 bits per heavy atom. The van der Waals surface area contributed by atoms with Crippen molar-refractivity contribution in [3.63, 3.8) is 0 Å². The molecule has 0 bridgehead atoms. The largest absolute Gasteiger partial charge is 0.370 e. The molecule has 112 valence electrons. The third kappa shape index (κ3) is 5.17. The average Bonchev–Trinajstić information content (AvgIpc) is 2.40. The third-order valence-corrected chi connectivity index (χ3v) is 3.12. The number of amides is 1. The first kappa shape index (κ1) is 16.4. The molecule has 1 heterocycles. The molecule has 0 radical (unpaired) electrons. The molecule has 0 aliphatic heterocycles. The fourth-order valence-electron chi connectivity index (χ4n) is 2.09. The first-order valence-electron chi connectivity index (χ1n) is 7.26. The zero-order chi connectivity index (χ0) is 15.0. The lowest BCUT2D eigenvalue weighted by atomic mass is 10.3. The second-order valence-electron chi connectivity index (χ2n) is 4.78. The number of hydrogen-bond acceptors (Lipinski definition) is 4. The van der Waals surface area contributed by atoms with Crippen molar-refractivity contribution in [3.8, 4) is 0 Å². The number of nitrogens with one attached hydrogen (secondary N) is 1. The number of anilines is 1. The molecule has 0 spiro atoms. The van der Waals surface area contributed by atoms with Gasteiger partial charge in [-0.15, -0.1) is 0 Å². The maximum absolute atomic E-state index is 12.0. The second kappa shape index (κ2) is 8.53. The van der Waals surface area contributed by atoms with E-state index in [9.17, 15) is 4.79 Å². The van der Waals surface area contributed by atoms with E-state index in [0.29, 0.717) is 13.1 Å². The number of carbonyl (C=O) groups excluding carboxylic acids is 1. The van der Waals surface area contributed by atoms with Crippen LogP contribution in [0.15, 0.2) is 18.2 Å². The summed E-state index contributed by atoms with van der Waals surface area (Å²) >= 11 is 0. The first-order chi connectivity index (χ1) is 9.60. The lowest BCUT2D eigenvalue weighted by molar-refractivity contribution is -0.131. The van der Waals surface area contributed by atoms with Crippen LogP contribution in [0.1, 0.15) is 26.5 Å². The Morgan fingerprint density at radius 1 is 1.25 bits per heavy atom. The van der Waals surface area contributed by atoms with Gasteiger partial charge in [-0.1, -0.05) is 6.07 Å². The Labute approximate surface area is 122 Å². The zero-order valence-electron chi connectivity index (χ0n) is 13.0. The highest BCUT2D eigenvalue weighted by Gasteiger charge is 2.12. The molecule has 0 saturated heterocycles.